The van der Waals surface area contributed by atoms with Crippen LogP contribution in [0.15, 0.2) is 18.2 Å². The van der Waals surface area contributed by atoms with Crippen molar-refractivity contribution in [2.24, 2.45) is 0 Å². The Labute approximate surface area is 126 Å². The summed E-state index contributed by atoms with van der Waals surface area (Å²) in [7, 11) is 3.08. The number of benzene rings is 1. The topological polar surface area (TPSA) is 86.8 Å². The molecule has 114 valence electrons. The maximum atomic E-state index is 12.5. The van der Waals surface area contributed by atoms with Crippen LogP contribution in [0.3, 0.4) is 0 Å². The molecule has 2 aliphatic rings. The normalized spacial score (nSPS) is 21.5. The maximum absolute atomic E-state index is 12.5. The van der Waals surface area contributed by atoms with Crippen LogP contribution in [0.1, 0.15) is 33.6 Å². The van der Waals surface area contributed by atoms with Gasteiger partial charge in [-0.2, -0.15) is 0 Å². The Morgan fingerprint density at radius 2 is 1.77 bits per heavy atom. The van der Waals surface area contributed by atoms with Gasteiger partial charge in [-0.1, -0.05) is 0 Å². The van der Waals surface area contributed by atoms with Gasteiger partial charge < -0.3 is 5.32 Å². The van der Waals surface area contributed by atoms with Crippen LogP contribution in [0.4, 0.5) is 5.69 Å². The molecule has 0 radical (unpaired) electrons. The molecule has 0 bridgehead atoms. The van der Waals surface area contributed by atoms with Gasteiger partial charge in [-0.05, 0) is 24.6 Å². The number of rotatable bonds is 2. The van der Waals surface area contributed by atoms with Gasteiger partial charge in [-0.3, -0.25) is 29.0 Å². The molecule has 1 N–H and O–H groups in total. The molecule has 0 saturated carbocycles. The Morgan fingerprint density at radius 3 is 2.45 bits per heavy atom. The van der Waals surface area contributed by atoms with E-state index >= 15 is 0 Å². The molecule has 2 heterocycles. The Hall–Kier alpha value is -2.70. The van der Waals surface area contributed by atoms with Crippen molar-refractivity contribution in [2.75, 3.05) is 19.4 Å². The smallest absolute Gasteiger partial charge is 0.262 e. The van der Waals surface area contributed by atoms with Gasteiger partial charge in [-0.15, -0.1) is 0 Å². The summed E-state index contributed by atoms with van der Waals surface area (Å²) in [6.07, 6.45) is 0.314. The number of carbonyl (C=O) groups excluding carboxylic acids is 4. The lowest BCUT2D eigenvalue weighted by atomic mass is 10.0. The highest BCUT2D eigenvalue weighted by Gasteiger charge is 2.46. The van der Waals surface area contributed by atoms with Crippen LogP contribution < -0.4 is 5.32 Å². The largest absolute Gasteiger partial charge is 0.388 e. The van der Waals surface area contributed by atoms with E-state index in [1.807, 2.05) is 0 Å². The Balaban J connectivity index is 1.97. The third kappa shape index (κ3) is 1.89. The van der Waals surface area contributed by atoms with Crippen molar-refractivity contribution in [3.05, 3.63) is 29.3 Å². The molecule has 1 saturated heterocycles. The lowest BCUT2D eigenvalue weighted by Gasteiger charge is -2.32. The summed E-state index contributed by atoms with van der Waals surface area (Å²) in [4.78, 5) is 50.7. The summed E-state index contributed by atoms with van der Waals surface area (Å²) >= 11 is 0. The molecule has 7 heteroatoms. The van der Waals surface area contributed by atoms with Gasteiger partial charge in [0.05, 0.1) is 11.1 Å². The van der Waals surface area contributed by atoms with Gasteiger partial charge in [0.1, 0.15) is 6.04 Å². The summed E-state index contributed by atoms with van der Waals surface area (Å²) in [6.45, 7) is 0. The van der Waals surface area contributed by atoms with Crippen molar-refractivity contribution in [1.29, 1.82) is 0 Å². The molecule has 1 unspecified atom stereocenters. The minimum Gasteiger partial charge on any atom is -0.388 e. The van der Waals surface area contributed by atoms with Gasteiger partial charge in [0.25, 0.3) is 17.7 Å². The second-order valence-corrected chi connectivity index (χ2v) is 5.34. The molecule has 0 spiro atoms. The number of fused-ring (bicyclic) bond motifs is 1. The quantitative estimate of drug-likeness (QED) is 0.803. The number of carbonyl (C=O) groups is 4. The fourth-order valence-electron chi connectivity index (χ4n) is 2.84. The summed E-state index contributed by atoms with van der Waals surface area (Å²) < 4.78 is 0. The Bertz CT molecular complexity index is 713. The summed E-state index contributed by atoms with van der Waals surface area (Å²) in [5, 5.41) is 2.91. The van der Waals surface area contributed by atoms with E-state index in [1.54, 1.807) is 25.2 Å². The summed E-state index contributed by atoms with van der Waals surface area (Å²) in [5.41, 5.74) is 1.28. The second-order valence-electron chi connectivity index (χ2n) is 5.34. The van der Waals surface area contributed by atoms with Crippen LogP contribution in [0, 0.1) is 0 Å². The van der Waals surface area contributed by atoms with Gasteiger partial charge in [-0.25, -0.2) is 0 Å². The number of nitrogens with one attached hydrogen (secondary N) is 1. The number of imide groups is 2. The van der Waals surface area contributed by atoms with E-state index in [4.69, 9.17) is 0 Å². The van der Waals surface area contributed by atoms with Gasteiger partial charge in [0.2, 0.25) is 5.91 Å². The first-order valence-electron chi connectivity index (χ1n) is 6.95. The fraction of sp³-hybridized carbons (Fsp3) is 0.333. The predicted molar refractivity (Wildman–Crippen MR) is 77.3 cm³/mol. The molecule has 1 fully saturated rings. The van der Waals surface area contributed by atoms with Crippen molar-refractivity contribution in [3.8, 4) is 0 Å². The zero-order valence-corrected chi connectivity index (χ0v) is 12.3. The van der Waals surface area contributed by atoms with Crippen LogP contribution in [-0.4, -0.2) is 53.6 Å². The summed E-state index contributed by atoms with van der Waals surface area (Å²) in [6, 6.07) is 3.96. The number of piperidine rings is 1. The summed E-state index contributed by atoms with van der Waals surface area (Å²) in [5.74, 6) is -1.78. The molecule has 22 heavy (non-hydrogen) atoms. The van der Waals surface area contributed by atoms with Gasteiger partial charge in [0, 0.05) is 26.2 Å². The monoisotopic (exact) mass is 301 g/mol. The van der Waals surface area contributed by atoms with E-state index in [2.05, 4.69) is 5.32 Å². The van der Waals surface area contributed by atoms with Gasteiger partial charge >= 0.3 is 0 Å². The highest BCUT2D eigenvalue weighted by molar-refractivity contribution is 6.23. The van der Waals surface area contributed by atoms with Crippen LogP contribution in [-0.2, 0) is 9.59 Å². The van der Waals surface area contributed by atoms with Crippen molar-refractivity contribution in [3.63, 3.8) is 0 Å². The molecule has 1 atom stereocenters. The fourth-order valence-corrected chi connectivity index (χ4v) is 2.84. The van der Waals surface area contributed by atoms with E-state index < -0.39 is 23.8 Å². The van der Waals surface area contributed by atoms with Crippen molar-refractivity contribution < 1.29 is 19.2 Å². The predicted octanol–water partition coefficient (Wildman–Crippen LogP) is 0.472. The van der Waals surface area contributed by atoms with Crippen LogP contribution in [0.5, 0.6) is 0 Å². The average Bonchev–Trinajstić information content (AvgIpc) is 2.77. The molecule has 2 aliphatic heterocycles. The number of anilines is 1. The highest BCUT2D eigenvalue weighted by atomic mass is 16.2. The van der Waals surface area contributed by atoms with Gasteiger partial charge in [0.15, 0.2) is 0 Å². The molecule has 1 aromatic carbocycles. The molecule has 0 aliphatic carbocycles. The minimum absolute atomic E-state index is 0.141. The zero-order valence-electron chi connectivity index (χ0n) is 12.3. The highest BCUT2D eigenvalue weighted by Crippen LogP contribution is 2.30. The third-order valence-electron chi connectivity index (χ3n) is 4.14. The number of hydrogen-bond acceptors (Lipinski definition) is 5. The average molecular weight is 301 g/mol. The molecule has 3 rings (SSSR count). The first-order valence-corrected chi connectivity index (χ1v) is 6.95. The molecule has 0 aromatic heterocycles. The van der Waals surface area contributed by atoms with Crippen molar-refractivity contribution >= 4 is 29.3 Å². The standard InChI is InChI=1S/C15H15N3O4/c1-16-8-3-4-9-10(7-8)14(21)18(13(9)20)11-5-6-12(19)17(2)15(11)22/h3-4,7,11,16H,5-6H2,1-2H3. The number of likely N-dealkylation sites (tertiary alicyclic amines) is 1. The minimum atomic E-state index is -0.909. The SMILES string of the molecule is CNc1ccc2c(c1)C(=O)N(C1CCC(=O)N(C)C1=O)C2=O. The van der Waals surface area contributed by atoms with E-state index in [1.165, 1.54) is 7.05 Å². The number of nitrogens with zero attached hydrogens (tertiary/aromatic N) is 2. The molecular weight excluding hydrogens is 286 g/mol. The van der Waals surface area contributed by atoms with Crippen LogP contribution in [0.25, 0.3) is 0 Å². The van der Waals surface area contributed by atoms with Crippen LogP contribution in [0.2, 0.25) is 0 Å². The molecule has 7 nitrogen and oxygen atoms in total. The lowest BCUT2D eigenvalue weighted by Crippen LogP contribution is -2.54. The third-order valence-corrected chi connectivity index (χ3v) is 4.14. The van der Waals surface area contributed by atoms with Crippen molar-refractivity contribution in [1.82, 2.24) is 9.80 Å². The van der Waals surface area contributed by atoms with Crippen LogP contribution >= 0.6 is 0 Å². The van der Waals surface area contributed by atoms with E-state index in [0.29, 0.717) is 5.69 Å². The molecule has 4 amide bonds. The second kappa shape index (κ2) is 4.94. The number of hydrogen-bond donors (Lipinski definition) is 1. The first-order chi connectivity index (χ1) is 10.5. The maximum Gasteiger partial charge on any atom is 0.262 e. The first kappa shape index (κ1) is 14.2. The van der Waals surface area contributed by atoms with Crippen molar-refractivity contribution in [2.45, 2.75) is 18.9 Å². The Morgan fingerprint density at radius 1 is 1.09 bits per heavy atom. The number of likely N-dealkylation sites (N-methyl/N-ethyl adjacent to an activating group) is 1. The molecule has 1 aromatic rings. The van der Waals surface area contributed by atoms with E-state index in [9.17, 15) is 19.2 Å². The van der Waals surface area contributed by atoms with E-state index in [0.717, 1.165) is 9.80 Å². The molecular formula is C15H15N3O4. The Kier molecular flexibility index (Phi) is 3.20. The number of amides is 4. The zero-order chi connectivity index (χ0) is 16.0. The lowest BCUT2D eigenvalue weighted by molar-refractivity contribution is -0.149. The van der Waals surface area contributed by atoms with E-state index in [-0.39, 0.29) is 29.9 Å².